The van der Waals surface area contributed by atoms with Crippen molar-refractivity contribution < 1.29 is 9.32 Å². The summed E-state index contributed by atoms with van der Waals surface area (Å²) >= 11 is 0. The topological polar surface area (TPSA) is 99.1 Å². The van der Waals surface area contributed by atoms with Crippen LogP contribution in [0.25, 0.3) is 11.0 Å². The lowest BCUT2D eigenvalue weighted by molar-refractivity contribution is -0.121. The predicted octanol–water partition coefficient (Wildman–Crippen LogP) is 1.10. The predicted molar refractivity (Wildman–Crippen MR) is 96.0 cm³/mol. The van der Waals surface area contributed by atoms with E-state index in [1.807, 2.05) is 0 Å². The van der Waals surface area contributed by atoms with Crippen LogP contribution >= 0.6 is 0 Å². The minimum absolute atomic E-state index is 0.234. The molecule has 2 heterocycles. The standard InChI is InChI=1S/C18H20N4O4/c1-4-21-14-7-5-6-8-15(14)22(18(25)17(21)24)10-16(23)19-9-13-11(2)20-26-12(13)3/h5-8H,4,9-10H2,1-3H3,(H,19,23). The zero-order chi connectivity index (χ0) is 18.8. The lowest BCUT2D eigenvalue weighted by Crippen LogP contribution is -2.43. The summed E-state index contributed by atoms with van der Waals surface area (Å²) < 4.78 is 7.69. The normalized spacial score (nSPS) is 11.0. The van der Waals surface area contributed by atoms with Crippen LogP contribution in [0.3, 0.4) is 0 Å². The molecule has 136 valence electrons. The van der Waals surface area contributed by atoms with Gasteiger partial charge in [-0.1, -0.05) is 17.3 Å². The van der Waals surface area contributed by atoms with Crippen molar-refractivity contribution in [3.8, 4) is 0 Å². The van der Waals surface area contributed by atoms with Crippen molar-refractivity contribution in [3.63, 3.8) is 0 Å². The molecule has 0 unspecified atom stereocenters. The number of benzene rings is 1. The second kappa shape index (κ2) is 6.99. The van der Waals surface area contributed by atoms with Crippen LogP contribution in [0.4, 0.5) is 0 Å². The maximum absolute atomic E-state index is 12.5. The molecule has 0 bridgehead atoms. The van der Waals surface area contributed by atoms with Crippen molar-refractivity contribution in [1.29, 1.82) is 0 Å². The summed E-state index contributed by atoms with van der Waals surface area (Å²) in [5.74, 6) is 0.266. The molecular weight excluding hydrogens is 336 g/mol. The first-order valence-corrected chi connectivity index (χ1v) is 8.34. The molecule has 0 fully saturated rings. The minimum Gasteiger partial charge on any atom is -0.361 e. The fourth-order valence-corrected chi connectivity index (χ4v) is 2.98. The van der Waals surface area contributed by atoms with E-state index in [-0.39, 0.29) is 19.0 Å². The molecule has 1 aromatic carbocycles. The van der Waals surface area contributed by atoms with E-state index < -0.39 is 11.1 Å². The van der Waals surface area contributed by atoms with Gasteiger partial charge in [-0.15, -0.1) is 0 Å². The molecule has 26 heavy (non-hydrogen) atoms. The highest BCUT2D eigenvalue weighted by atomic mass is 16.5. The van der Waals surface area contributed by atoms with Crippen LogP contribution in [0.5, 0.6) is 0 Å². The third kappa shape index (κ3) is 3.05. The van der Waals surface area contributed by atoms with E-state index in [1.54, 1.807) is 45.0 Å². The third-order valence-corrected chi connectivity index (χ3v) is 4.40. The molecular formula is C18H20N4O4. The molecule has 0 aliphatic heterocycles. The van der Waals surface area contributed by atoms with E-state index in [9.17, 15) is 14.4 Å². The third-order valence-electron chi connectivity index (χ3n) is 4.40. The maximum Gasteiger partial charge on any atom is 0.317 e. The number of nitrogens with one attached hydrogen (secondary N) is 1. The van der Waals surface area contributed by atoms with Gasteiger partial charge in [0.1, 0.15) is 12.3 Å². The minimum atomic E-state index is -0.710. The van der Waals surface area contributed by atoms with Crippen molar-refractivity contribution >= 4 is 16.9 Å². The molecule has 3 rings (SSSR count). The van der Waals surface area contributed by atoms with Crippen molar-refractivity contribution in [3.05, 3.63) is 62.0 Å². The van der Waals surface area contributed by atoms with Crippen molar-refractivity contribution in [2.45, 2.75) is 40.4 Å². The lowest BCUT2D eigenvalue weighted by Gasteiger charge is -2.13. The average Bonchev–Trinajstić information content (AvgIpc) is 2.95. The molecule has 0 saturated heterocycles. The lowest BCUT2D eigenvalue weighted by atomic mass is 10.2. The zero-order valence-electron chi connectivity index (χ0n) is 14.9. The van der Waals surface area contributed by atoms with Gasteiger partial charge >= 0.3 is 11.1 Å². The molecule has 8 nitrogen and oxygen atoms in total. The molecule has 3 aromatic rings. The van der Waals surface area contributed by atoms with Crippen molar-refractivity contribution in [1.82, 2.24) is 19.6 Å². The number of aromatic nitrogens is 3. The summed E-state index contributed by atoms with van der Waals surface area (Å²) in [5, 5.41) is 6.59. The summed E-state index contributed by atoms with van der Waals surface area (Å²) in [7, 11) is 0. The van der Waals surface area contributed by atoms with Gasteiger partial charge in [0.25, 0.3) is 0 Å². The quantitative estimate of drug-likeness (QED) is 0.690. The fourth-order valence-electron chi connectivity index (χ4n) is 2.98. The highest BCUT2D eigenvalue weighted by molar-refractivity contribution is 5.80. The Balaban J connectivity index is 1.91. The number of fused-ring (bicyclic) bond motifs is 1. The highest BCUT2D eigenvalue weighted by Crippen LogP contribution is 2.12. The van der Waals surface area contributed by atoms with Gasteiger partial charge in [0, 0.05) is 18.7 Å². The molecule has 0 radical (unpaired) electrons. The first-order valence-electron chi connectivity index (χ1n) is 8.34. The van der Waals surface area contributed by atoms with Gasteiger partial charge < -0.3 is 14.4 Å². The van der Waals surface area contributed by atoms with Gasteiger partial charge in [-0.3, -0.25) is 19.0 Å². The van der Waals surface area contributed by atoms with Crippen LogP contribution < -0.4 is 16.4 Å². The fraction of sp³-hybridized carbons (Fsp3) is 0.333. The highest BCUT2D eigenvalue weighted by Gasteiger charge is 2.15. The summed E-state index contributed by atoms with van der Waals surface area (Å²) in [6, 6.07) is 7.05. The Bertz CT molecular complexity index is 1070. The Morgan fingerprint density at radius 1 is 1.12 bits per heavy atom. The Hall–Kier alpha value is -3.16. The number of carbonyl (C=O) groups is 1. The van der Waals surface area contributed by atoms with Gasteiger partial charge in [-0.2, -0.15) is 0 Å². The van der Waals surface area contributed by atoms with E-state index >= 15 is 0 Å². The molecule has 0 spiro atoms. The van der Waals surface area contributed by atoms with E-state index in [2.05, 4.69) is 10.5 Å². The Morgan fingerprint density at radius 2 is 1.73 bits per heavy atom. The van der Waals surface area contributed by atoms with E-state index in [4.69, 9.17) is 4.52 Å². The number of rotatable bonds is 5. The first-order chi connectivity index (χ1) is 12.4. The number of amides is 1. The molecule has 2 aromatic heterocycles. The van der Waals surface area contributed by atoms with Crippen molar-refractivity contribution in [2.24, 2.45) is 0 Å². The molecule has 8 heteroatoms. The number of aryl methyl sites for hydroxylation is 3. The van der Waals surface area contributed by atoms with Gasteiger partial charge in [-0.05, 0) is 32.9 Å². The van der Waals surface area contributed by atoms with Crippen LogP contribution in [0.15, 0.2) is 38.4 Å². The molecule has 0 atom stereocenters. The molecule has 1 N–H and O–H groups in total. The number of hydrogen-bond acceptors (Lipinski definition) is 5. The average molecular weight is 356 g/mol. The smallest absolute Gasteiger partial charge is 0.317 e. The van der Waals surface area contributed by atoms with Gasteiger partial charge in [-0.25, -0.2) is 0 Å². The molecule has 0 aliphatic carbocycles. The van der Waals surface area contributed by atoms with E-state index in [0.29, 0.717) is 29.0 Å². The van der Waals surface area contributed by atoms with Crippen LogP contribution in [0, 0.1) is 13.8 Å². The molecule has 0 saturated carbocycles. The maximum atomic E-state index is 12.5. The van der Waals surface area contributed by atoms with Crippen LogP contribution in [-0.4, -0.2) is 20.2 Å². The van der Waals surface area contributed by atoms with Gasteiger partial charge in [0.05, 0.1) is 16.7 Å². The van der Waals surface area contributed by atoms with Crippen LogP contribution in [0.1, 0.15) is 23.9 Å². The van der Waals surface area contributed by atoms with Gasteiger partial charge in [0.15, 0.2) is 0 Å². The largest absolute Gasteiger partial charge is 0.361 e. The Morgan fingerprint density at radius 3 is 2.31 bits per heavy atom. The van der Waals surface area contributed by atoms with E-state index in [1.165, 1.54) is 9.13 Å². The second-order valence-corrected chi connectivity index (χ2v) is 6.01. The monoisotopic (exact) mass is 356 g/mol. The number of para-hydroxylation sites is 2. The number of nitrogens with zero attached hydrogens (tertiary/aromatic N) is 3. The van der Waals surface area contributed by atoms with Crippen LogP contribution in [-0.2, 0) is 24.4 Å². The van der Waals surface area contributed by atoms with Crippen LogP contribution in [0.2, 0.25) is 0 Å². The van der Waals surface area contributed by atoms with Crippen molar-refractivity contribution in [2.75, 3.05) is 0 Å². The summed E-state index contributed by atoms with van der Waals surface area (Å²) in [4.78, 5) is 37.2. The SMILES string of the molecule is CCn1c(=O)c(=O)n(CC(=O)NCc2c(C)noc2C)c2ccccc21. The first kappa shape index (κ1) is 17.7. The zero-order valence-corrected chi connectivity index (χ0v) is 14.9. The number of carbonyl (C=O) groups excluding carboxylic acids is 1. The van der Waals surface area contributed by atoms with E-state index in [0.717, 1.165) is 5.56 Å². The Kier molecular flexibility index (Phi) is 4.75. The summed E-state index contributed by atoms with van der Waals surface area (Å²) in [5.41, 5.74) is 1.33. The molecule has 0 aliphatic rings. The van der Waals surface area contributed by atoms with Gasteiger partial charge in [0.2, 0.25) is 5.91 Å². The summed E-state index contributed by atoms with van der Waals surface area (Å²) in [6.45, 7) is 5.76. The summed E-state index contributed by atoms with van der Waals surface area (Å²) in [6.07, 6.45) is 0. The second-order valence-electron chi connectivity index (χ2n) is 6.01. The molecule has 1 amide bonds. The number of hydrogen-bond donors (Lipinski definition) is 1. The Labute approximate surface area is 149 Å².